The van der Waals surface area contributed by atoms with Gasteiger partial charge in [-0.2, -0.15) is 12.8 Å². The van der Waals surface area contributed by atoms with Crippen molar-refractivity contribution in [2.45, 2.75) is 294 Å². The third-order valence-electron chi connectivity index (χ3n) is 13.5. The van der Waals surface area contributed by atoms with Gasteiger partial charge in [-0.3, -0.25) is 0 Å². The molecule has 0 radical (unpaired) electrons. The monoisotopic (exact) mass is 951 g/mol. The number of hydrogen-bond donors (Lipinski definition) is 0. The van der Waals surface area contributed by atoms with Gasteiger partial charge >= 0.3 is 16.5 Å². The Morgan fingerprint density at radius 1 is 0.333 bits per heavy atom. The van der Waals surface area contributed by atoms with E-state index in [2.05, 4.69) is 107 Å². The largest absolute Gasteiger partial charge is 2.00 e. The van der Waals surface area contributed by atoms with Gasteiger partial charge in [-0.15, -0.1) is 0 Å². The van der Waals surface area contributed by atoms with Crippen molar-refractivity contribution in [3.63, 3.8) is 0 Å². The quantitative estimate of drug-likeness (QED) is 0.0285. The summed E-state index contributed by atoms with van der Waals surface area (Å²) in [5.74, 6) is 0. The first-order chi connectivity index (χ1) is 31.8. The predicted molar refractivity (Wildman–Crippen MR) is 294 cm³/mol. The molecule has 2 nitrogen and oxygen atoms in total. The molecule has 2 aromatic carbocycles. The maximum absolute atomic E-state index is 12.6. The second-order valence-corrected chi connectivity index (χ2v) is 19.5. The van der Waals surface area contributed by atoms with Crippen LogP contribution in [0.1, 0.15) is 300 Å². The third-order valence-corrected chi connectivity index (χ3v) is 13.5. The van der Waals surface area contributed by atoms with E-state index in [1.165, 1.54) is 173 Å². The van der Waals surface area contributed by atoms with Gasteiger partial charge in [0.05, 0.1) is 0 Å². The van der Waals surface area contributed by atoms with Crippen LogP contribution in [0.2, 0.25) is 0 Å². The normalized spacial score (nSPS) is 12.3. The van der Waals surface area contributed by atoms with Crippen LogP contribution < -0.4 is 0 Å². The van der Waals surface area contributed by atoms with Crippen molar-refractivity contribution in [2.75, 3.05) is 0 Å². The Morgan fingerprint density at radius 3 is 0.955 bits per heavy atom. The molecule has 0 aromatic heterocycles. The molecule has 66 heavy (non-hydrogen) atoms. The van der Waals surface area contributed by atoms with Crippen molar-refractivity contribution < 1.29 is 21.2 Å². The maximum atomic E-state index is 12.6. The Hall–Kier alpha value is -1.99. The molecule has 0 saturated heterocycles. The summed E-state index contributed by atoms with van der Waals surface area (Å²) in [4.78, 5) is 0. The molecular weight excluding hydrogens is 843 g/mol. The number of hydrogen-bond acceptors (Lipinski definition) is 0. The van der Waals surface area contributed by atoms with Gasteiger partial charge in [0, 0.05) is 22.3 Å². The number of unbranched alkanes of at least 4 members (excludes halogenated alkanes) is 17. The predicted octanol–water partition coefficient (Wildman–Crippen LogP) is 21.3. The molecule has 0 fully saturated rings. The molecule has 0 spiro atoms. The van der Waals surface area contributed by atoms with E-state index in [0.717, 1.165) is 108 Å². The third kappa shape index (κ3) is 23.5. The van der Waals surface area contributed by atoms with Gasteiger partial charge in [-0.1, -0.05) is 198 Å². The second-order valence-electron chi connectivity index (χ2n) is 19.5. The molecule has 2 aromatic rings. The van der Waals surface area contributed by atoms with Gasteiger partial charge in [0.15, 0.2) is 0 Å². The number of benzene rings is 2. The first-order valence-corrected chi connectivity index (χ1v) is 28.6. The molecule has 380 valence electrons. The van der Waals surface area contributed by atoms with Gasteiger partial charge in [-0.25, -0.2) is 4.70 Å². The topological polar surface area (TPSA) is 25.3 Å². The van der Waals surface area contributed by atoms with Crippen LogP contribution in [-0.2, 0) is 55.0 Å². The summed E-state index contributed by atoms with van der Waals surface area (Å²) in [6.07, 6.45) is 43.1. The number of allylic oxidation sites excluding steroid dienone is 2. The average Bonchev–Trinajstić information content (AvgIpc) is 3.59. The van der Waals surface area contributed by atoms with Gasteiger partial charge in [-0.05, 0) is 141 Å². The fourth-order valence-electron chi connectivity index (χ4n) is 9.69. The summed E-state index contributed by atoms with van der Waals surface area (Å²) in [6, 6.07) is 9.92. The van der Waals surface area contributed by atoms with E-state index in [0.29, 0.717) is 0 Å². The summed E-state index contributed by atoms with van der Waals surface area (Å²) in [5.41, 5.74) is 29.2. The molecular formula is C63H108N2Ni. The Kier molecular flexibility index (Phi) is 40.7. The SMILES string of the molecule is CCCCC1=C(c2cc(CCC)c(CCC)c(CCC)c2)[N+](=[N-])C(c2cc(CCCC)c(CCCC)c(CCCC)c2)=C1CCCC.[CH2-]CCCCCCCC.[CH2-]CCCCCCCC.[Ni+2]. The zero-order valence-corrected chi connectivity index (χ0v) is 46.7. The first kappa shape index (κ1) is 64.0. The van der Waals surface area contributed by atoms with Crippen molar-refractivity contribution in [3.05, 3.63) is 99.3 Å². The zero-order valence-electron chi connectivity index (χ0n) is 45.7. The van der Waals surface area contributed by atoms with Crippen LogP contribution in [0, 0.1) is 13.8 Å². The molecule has 1 aliphatic heterocycles. The van der Waals surface area contributed by atoms with Gasteiger partial charge in [0.25, 0.3) is 0 Å². The van der Waals surface area contributed by atoms with Crippen LogP contribution in [0.3, 0.4) is 0 Å². The molecule has 0 N–H and O–H groups in total. The van der Waals surface area contributed by atoms with Gasteiger partial charge < -0.3 is 19.4 Å². The standard InChI is InChI=1S/C45H70N2.2C9H19.Ni/c1-9-17-25-36-32-39(33-37(26-18-10-2)41(36)27-19-11-3)45-43(29-21-13-5)42(28-20-12-4)44(47(45)46)38-30-34(22-14-6)40(24-16-8)35(31-38)23-15-7;2*1-3-5-7-9-8-6-4-2;/h30-33H,9-29H2,1-8H3;2*1,3-9H2,2H3;/q;2*-1;+2. The Bertz CT molecular complexity index is 1510. The number of rotatable bonds is 35. The number of nitrogens with zero attached hydrogens (tertiary/aromatic N) is 2. The molecule has 0 amide bonds. The zero-order chi connectivity index (χ0) is 48.1. The smallest absolute Gasteiger partial charge is 0.493 e. The van der Waals surface area contributed by atoms with Crippen molar-refractivity contribution >= 4 is 11.4 Å². The summed E-state index contributed by atoms with van der Waals surface area (Å²) in [7, 11) is 0. The van der Waals surface area contributed by atoms with Gasteiger partial charge in [0.1, 0.15) is 0 Å². The molecule has 0 saturated carbocycles. The maximum Gasteiger partial charge on any atom is 2.00 e. The van der Waals surface area contributed by atoms with Crippen LogP contribution in [0.15, 0.2) is 35.4 Å². The van der Waals surface area contributed by atoms with E-state index < -0.39 is 0 Å². The average molecular weight is 952 g/mol. The van der Waals surface area contributed by atoms with Crippen molar-refractivity contribution in [2.24, 2.45) is 0 Å². The Balaban J connectivity index is 0.00000186. The first-order valence-electron chi connectivity index (χ1n) is 28.6. The molecule has 0 unspecified atom stereocenters. The number of aryl methyl sites for hydroxylation is 4. The van der Waals surface area contributed by atoms with Crippen LogP contribution in [0.25, 0.3) is 16.9 Å². The summed E-state index contributed by atoms with van der Waals surface area (Å²) < 4.78 is 1.67. The minimum absolute atomic E-state index is 0. The van der Waals surface area contributed by atoms with E-state index in [1.54, 1.807) is 15.8 Å². The second kappa shape index (κ2) is 41.9. The fraction of sp³-hybridized carbons (Fsp3) is 0.714. The van der Waals surface area contributed by atoms with Crippen molar-refractivity contribution in [1.82, 2.24) is 0 Å². The van der Waals surface area contributed by atoms with E-state index >= 15 is 0 Å². The summed E-state index contributed by atoms with van der Waals surface area (Å²) in [5, 5.41) is 0. The molecule has 3 heteroatoms. The molecule has 0 bridgehead atoms. The van der Waals surface area contributed by atoms with E-state index in [1.807, 2.05) is 0 Å². The molecule has 1 heterocycles. The summed E-state index contributed by atoms with van der Waals surface area (Å²) in [6.45, 7) is 30.6. The minimum atomic E-state index is 0. The van der Waals surface area contributed by atoms with Gasteiger partial charge in [0.2, 0.25) is 11.4 Å². The van der Waals surface area contributed by atoms with Crippen molar-refractivity contribution in [3.8, 4) is 0 Å². The van der Waals surface area contributed by atoms with Crippen LogP contribution in [0.4, 0.5) is 0 Å². The Morgan fingerprint density at radius 2 is 0.621 bits per heavy atom. The van der Waals surface area contributed by atoms with E-state index in [-0.39, 0.29) is 16.5 Å². The van der Waals surface area contributed by atoms with E-state index in [9.17, 15) is 5.53 Å². The molecule has 0 atom stereocenters. The van der Waals surface area contributed by atoms with Crippen LogP contribution in [0.5, 0.6) is 0 Å². The van der Waals surface area contributed by atoms with Crippen LogP contribution >= 0.6 is 0 Å². The van der Waals surface area contributed by atoms with E-state index in [4.69, 9.17) is 0 Å². The van der Waals surface area contributed by atoms with Crippen LogP contribution in [-0.4, -0.2) is 4.70 Å². The van der Waals surface area contributed by atoms with Crippen molar-refractivity contribution in [1.29, 1.82) is 0 Å². The molecule has 1 aliphatic rings. The molecule has 3 rings (SSSR count). The Labute approximate surface area is 423 Å². The fourth-order valence-corrected chi connectivity index (χ4v) is 9.69. The summed E-state index contributed by atoms with van der Waals surface area (Å²) >= 11 is 0. The molecule has 0 aliphatic carbocycles. The minimum Gasteiger partial charge on any atom is -0.493 e.